The quantitative estimate of drug-likeness (QED) is 0.240. The van der Waals surface area contributed by atoms with Crippen molar-refractivity contribution in [1.82, 2.24) is 9.62 Å². The zero-order chi connectivity index (χ0) is 26.6. The summed E-state index contributed by atoms with van der Waals surface area (Å²) < 4.78 is 28.4. The fourth-order valence-corrected chi connectivity index (χ4v) is 5.79. The fourth-order valence-electron chi connectivity index (χ4n) is 4.14. The Morgan fingerprint density at radius 2 is 1.75 bits per heavy atom. The molecule has 5 N–H and O–H groups in total. The Kier molecular flexibility index (Phi) is 8.39. The number of carboxylic acid groups (broad SMARTS) is 1. The lowest BCUT2D eigenvalue weighted by Crippen LogP contribution is -2.50. The molecule has 1 heterocycles. The molecule has 194 valence electrons. The number of aliphatic hydroxyl groups excluding tert-OH is 2. The van der Waals surface area contributed by atoms with E-state index in [0.29, 0.717) is 5.69 Å². The summed E-state index contributed by atoms with van der Waals surface area (Å²) in [6.45, 7) is 4.71. The third-order valence-corrected chi connectivity index (χ3v) is 7.59. The summed E-state index contributed by atoms with van der Waals surface area (Å²) >= 11 is 0. The van der Waals surface area contributed by atoms with E-state index >= 15 is 0 Å². The van der Waals surface area contributed by atoms with Gasteiger partial charge in [0.2, 0.25) is 10.0 Å². The molecule has 0 bridgehead atoms. The number of amides is 2. The first kappa shape index (κ1) is 27.2. The largest absolute Gasteiger partial charge is 0.512 e. The smallest absolute Gasteiger partial charge is 0.404 e. The molecule has 0 saturated carbocycles. The number of benzene rings is 2. The van der Waals surface area contributed by atoms with Gasteiger partial charge in [-0.1, -0.05) is 44.2 Å². The van der Waals surface area contributed by atoms with E-state index in [1.54, 1.807) is 24.3 Å². The number of fused-ring (bicyclic) bond motifs is 1. The lowest BCUT2D eigenvalue weighted by atomic mass is 10.0. The van der Waals surface area contributed by atoms with Gasteiger partial charge in [-0.05, 0) is 43.0 Å². The van der Waals surface area contributed by atoms with E-state index in [1.165, 1.54) is 25.1 Å². The van der Waals surface area contributed by atoms with E-state index in [1.807, 2.05) is 19.9 Å². The van der Waals surface area contributed by atoms with Crippen molar-refractivity contribution in [3.63, 3.8) is 0 Å². The van der Waals surface area contributed by atoms with Crippen molar-refractivity contribution < 1.29 is 33.3 Å². The number of allylic oxidation sites excluding steroid dienone is 1. The van der Waals surface area contributed by atoms with Crippen LogP contribution in [0.5, 0.6) is 0 Å². The number of carbonyl (C=O) groups excluding carboxylic acids is 1. The van der Waals surface area contributed by atoms with E-state index in [2.05, 4.69) is 10.6 Å². The van der Waals surface area contributed by atoms with Crippen molar-refractivity contribution in [3.8, 4) is 0 Å². The molecular weight excluding hydrogens is 486 g/mol. The summed E-state index contributed by atoms with van der Waals surface area (Å²) in [5, 5.41) is 35.1. The molecule has 10 nitrogen and oxygen atoms in total. The molecule has 3 rings (SSSR count). The molecule has 2 aromatic rings. The second-order valence-corrected chi connectivity index (χ2v) is 11.1. The summed E-state index contributed by atoms with van der Waals surface area (Å²) in [7, 11) is -4.16. The highest BCUT2D eigenvalue weighted by Crippen LogP contribution is 2.35. The van der Waals surface area contributed by atoms with Crippen LogP contribution in [0.2, 0.25) is 0 Å². The Labute approximate surface area is 210 Å². The average molecular weight is 518 g/mol. The van der Waals surface area contributed by atoms with Crippen molar-refractivity contribution in [1.29, 1.82) is 0 Å². The standard InChI is InChI=1S/C25H31N3O7S/c1-15(2)13-28(14-22(30)21(27-25(32)33)11-17-7-5-4-6-8-17)36(34,35)18-9-10-20-19(12-18)23(16(3)29)24(31)26-20/h4-10,12,15,21-22,27,29-30H,11,13-14H2,1-3H3,(H,26,31)(H,32,33). The molecule has 2 amide bonds. The van der Waals surface area contributed by atoms with Crippen molar-refractivity contribution in [2.45, 2.75) is 44.2 Å². The summed E-state index contributed by atoms with van der Waals surface area (Å²) in [5.74, 6) is -0.865. The molecule has 0 saturated heterocycles. The van der Waals surface area contributed by atoms with Gasteiger partial charge in [0.1, 0.15) is 5.76 Å². The highest BCUT2D eigenvalue weighted by atomic mass is 32.2. The van der Waals surface area contributed by atoms with Gasteiger partial charge in [-0.15, -0.1) is 0 Å². The molecule has 36 heavy (non-hydrogen) atoms. The first-order valence-corrected chi connectivity index (χ1v) is 12.9. The maximum Gasteiger partial charge on any atom is 0.404 e. The minimum absolute atomic E-state index is 0.00826. The molecule has 1 aliphatic heterocycles. The zero-order valence-corrected chi connectivity index (χ0v) is 21.1. The maximum atomic E-state index is 13.7. The predicted octanol–water partition coefficient (Wildman–Crippen LogP) is 2.81. The van der Waals surface area contributed by atoms with Gasteiger partial charge >= 0.3 is 6.09 Å². The summed E-state index contributed by atoms with van der Waals surface area (Å²) in [6.07, 6.45) is -2.51. The van der Waals surface area contributed by atoms with Crippen LogP contribution in [0.4, 0.5) is 10.5 Å². The van der Waals surface area contributed by atoms with Gasteiger partial charge < -0.3 is 26.0 Å². The molecular formula is C25H31N3O7S. The fraction of sp³-hybridized carbons (Fsp3) is 0.360. The molecule has 2 atom stereocenters. The van der Waals surface area contributed by atoms with Crippen LogP contribution in [0, 0.1) is 5.92 Å². The van der Waals surface area contributed by atoms with Crippen LogP contribution in [-0.4, -0.2) is 65.3 Å². The molecule has 0 fully saturated rings. The lowest BCUT2D eigenvalue weighted by molar-refractivity contribution is -0.110. The van der Waals surface area contributed by atoms with Crippen LogP contribution in [0.3, 0.4) is 0 Å². The SMILES string of the molecule is CC(O)=C1C(=O)Nc2ccc(S(=O)(=O)N(CC(C)C)CC(O)C(Cc3ccccc3)NC(=O)O)cc21. The third-order valence-electron chi connectivity index (χ3n) is 5.77. The third kappa shape index (κ3) is 6.23. The Bertz CT molecular complexity index is 1260. The molecule has 0 aliphatic carbocycles. The minimum Gasteiger partial charge on any atom is -0.512 e. The number of anilines is 1. The highest BCUT2D eigenvalue weighted by molar-refractivity contribution is 7.89. The number of sulfonamides is 1. The van der Waals surface area contributed by atoms with Gasteiger partial charge in [0.05, 0.1) is 22.6 Å². The second-order valence-electron chi connectivity index (χ2n) is 9.15. The second kappa shape index (κ2) is 11.1. The molecule has 11 heteroatoms. The molecule has 0 radical (unpaired) electrons. The first-order valence-electron chi connectivity index (χ1n) is 11.5. The van der Waals surface area contributed by atoms with Crippen molar-refractivity contribution in [3.05, 3.63) is 65.4 Å². The van der Waals surface area contributed by atoms with Crippen LogP contribution in [0.1, 0.15) is 31.9 Å². The first-order chi connectivity index (χ1) is 16.9. The zero-order valence-electron chi connectivity index (χ0n) is 20.3. The lowest BCUT2D eigenvalue weighted by Gasteiger charge is -2.30. The number of nitrogens with zero attached hydrogens (tertiary/aromatic N) is 1. The van der Waals surface area contributed by atoms with E-state index in [9.17, 15) is 33.3 Å². The van der Waals surface area contributed by atoms with Gasteiger partial charge in [0.15, 0.2) is 0 Å². The normalized spacial score (nSPS) is 16.4. The van der Waals surface area contributed by atoms with Crippen LogP contribution in [0.25, 0.3) is 5.57 Å². The van der Waals surface area contributed by atoms with Gasteiger partial charge in [-0.3, -0.25) is 4.79 Å². The summed E-state index contributed by atoms with van der Waals surface area (Å²) in [5.41, 5.74) is 1.42. The Balaban J connectivity index is 1.93. The molecule has 2 aromatic carbocycles. The van der Waals surface area contributed by atoms with Gasteiger partial charge in [-0.25, -0.2) is 13.2 Å². The number of nitrogens with one attached hydrogen (secondary N) is 2. The molecule has 1 aliphatic rings. The van der Waals surface area contributed by atoms with Gasteiger partial charge in [0, 0.05) is 24.3 Å². The van der Waals surface area contributed by atoms with Crippen LogP contribution < -0.4 is 10.6 Å². The number of hydrogen-bond donors (Lipinski definition) is 5. The number of aliphatic hydroxyl groups is 2. The number of carbonyl (C=O) groups is 2. The average Bonchev–Trinajstić information content (AvgIpc) is 3.13. The summed E-state index contributed by atoms with van der Waals surface area (Å²) in [6, 6.07) is 12.1. The Hall–Kier alpha value is -3.41. The van der Waals surface area contributed by atoms with Crippen LogP contribution in [-0.2, 0) is 21.2 Å². The predicted molar refractivity (Wildman–Crippen MR) is 135 cm³/mol. The topological polar surface area (TPSA) is 156 Å². The molecule has 0 aromatic heterocycles. The Morgan fingerprint density at radius 1 is 1.08 bits per heavy atom. The van der Waals surface area contributed by atoms with Crippen LogP contribution in [0.15, 0.2) is 59.2 Å². The van der Waals surface area contributed by atoms with E-state index in [-0.39, 0.29) is 47.2 Å². The highest BCUT2D eigenvalue weighted by Gasteiger charge is 2.34. The van der Waals surface area contributed by atoms with E-state index in [0.717, 1.165) is 9.87 Å². The van der Waals surface area contributed by atoms with Gasteiger partial charge in [0.25, 0.3) is 5.91 Å². The Morgan fingerprint density at radius 3 is 2.33 bits per heavy atom. The molecule has 2 unspecified atom stereocenters. The van der Waals surface area contributed by atoms with Crippen LogP contribution >= 0.6 is 0 Å². The number of rotatable bonds is 10. The summed E-state index contributed by atoms with van der Waals surface area (Å²) in [4.78, 5) is 23.5. The van der Waals surface area contributed by atoms with E-state index in [4.69, 9.17) is 0 Å². The van der Waals surface area contributed by atoms with Gasteiger partial charge in [-0.2, -0.15) is 4.31 Å². The van der Waals surface area contributed by atoms with E-state index < -0.39 is 34.2 Å². The minimum atomic E-state index is -4.16. The number of hydrogen-bond acceptors (Lipinski definition) is 6. The van der Waals surface area contributed by atoms with Crippen molar-refractivity contribution >= 4 is 33.3 Å². The van der Waals surface area contributed by atoms with Crippen molar-refractivity contribution in [2.24, 2.45) is 5.92 Å². The van der Waals surface area contributed by atoms with Crippen molar-refractivity contribution in [2.75, 3.05) is 18.4 Å². The maximum absolute atomic E-state index is 13.7. The molecule has 0 spiro atoms. The monoisotopic (exact) mass is 517 g/mol.